The van der Waals surface area contributed by atoms with Crippen LogP contribution in [0.1, 0.15) is 15.9 Å². The van der Waals surface area contributed by atoms with Crippen molar-refractivity contribution in [3.05, 3.63) is 35.4 Å². The molecule has 0 bridgehead atoms. The van der Waals surface area contributed by atoms with Crippen molar-refractivity contribution in [3.63, 3.8) is 0 Å². The van der Waals surface area contributed by atoms with Gasteiger partial charge in [0.15, 0.2) is 5.54 Å². The molecule has 0 fully saturated rings. The van der Waals surface area contributed by atoms with Gasteiger partial charge in [0.05, 0.1) is 20.8 Å². The number of benzene rings is 1. The summed E-state index contributed by atoms with van der Waals surface area (Å²) in [6, 6.07) is 6.90. The maximum absolute atomic E-state index is 12.3. The third-order valence-electron chi connectivity index (χ3n) is 3.31. The molecule has 0 saturated carbocycles. The van der Waals surface area contributed by atoms with Gasteiger partial charge in [-0.1, -0.05) is 18.2 Å². The summed E-state index contributed by atoms with van der Waals surface area (Å²) >= 11 is 0. The van der Waals surface area contributed by atoms with Gasteiger partial charge in [0.1, 0.15) is 0 Å². The highest BCUT2D eigenvalue weighted by molar-refractivity contribution is 6.01. The smallest absolute Gasteiger partial charge is 0.337 e. The minimum Gasteiger partial charge on any atom is -0.467 e. The fourth-order valence-electron chi connectivity index (χ4n) is 2.36. The summed E-state index contributed by atoms with van der Waals surface area (Å²) in [4.78, 5) is 29.3. The summed E-state index contributed by atoms with van der Waals surface area (Å²) < 4.78 is 4.71. The number of carbonyl (C=O) groups is 2. The van der Waals surface area contributed by atoms with E-state index in [1.807, 2.05) is 0 Å². The Morgan fingerprint density at radius 1 is 1.42 bits per heavy atom. The number of amides is 1. The number of hydrogen-bond acceptors (Lipinski definition) is 5. The Kier molecular flexibility index (Phi) is 3.55. The molecule has 1 heterocycles. The Balaban J connectivity index is 2.57. The van der Waals surface area contributed by atoms with Gasteiger partial charge in [-0.25, -0.2) is 4.79 Å². The van der Waals surface area contributed by atoms with Gasteiger partial charge >= 0.3 is 5.97 Å². The fraction of sp³-hybridized carbons (Fsp3) is 0.385. The largest absolute Gasteiger partial charge is 0.467 e. The first-order valence-corrected chi connectivity index (χ1v) is 5.76. The molecule has 6 heteroatoms. The lowest BCUT2D eigenvalue weighted by atomic mass is 9.84. The molecule has 102 valence electrons. The normalized spacial score (nSPS) is 22.1. The van der Waals surface area contributed by atoms with Gasteiger partial charge < -0.3 is 9.84 Å². The maximum atomic E-state index is 12.3. The van der Waals surface area contributed by atoms with E-state index in [1.165, 1.54) is 14.2 Å². The van der Waals surface area contributed by atoms with Crippen LogP contribution in [0, 0.1) is 0 Å². The molecule has 0 aromatic heterocycles. The molecule has 1 unspecified atom stereocenters. The summed E-state index contributed by atoms with van der Waals surface area (Å²) in [6.07, 6.45) is 0.145. The van der Waals surface area contributed by atoms with Crippen LogP contribution in [0.2, 0.25) is 0 Å². The van der Waals surface area contributed by atoms with Crippen molar-refractivity contribution in [2.45, 2.75) is 12.0 Å². The Labute approximate surface area is 110 Å². The molecule has 1 aliphatic heterocycles. The van der Waals surface area contributed by atoms with E-state index in [0.717, 1.165) is 5.06 Å². The molecule has 1 aliphatic rings. The molecule has 0 spiro atoms. The SMILES string of the molecule is COC(=O)C1(CO)Cc2ccccc2C(=O)N1OC. The van der Waals surface area contributed by atoms with E-state index in [4.69, 9.17) is 9.57 Å². The molecule has 0 radical (unpaired) electrons. The molecule has 1 aromatic rings. The predicted octanol–water partition coefficient (Wildman–Crippen LogP) is 0.150. The molecule has 0 saturated heterocycles. The molecular weight excluding hydrogens is 250 g/mol. The van der Waals surface area contributed by atoms with Crippen LogP contribution in [0.5, 0.6) is 0 Å². The average Bonchev–Trinajstić information content (AvgIpc) is 2.46. The maximum Gasteiger partial charge on any atom is 0.337 e. The number of aliphatic hydroxyl groups is 1. The van der Waals surface area contributed by atoms with Gasteiger partial charge in [0.2, 0.25) is 0 Å². The number of aliphatic hydroxyl groups excluding tert-OH is 1. The topological polar surface area (TPSA) is 76.1 Å². The summed E-state index contributed by atoms with van der Waals surface area (Å²) in [5.41, 5.74) is -0.396. The van der Waals surface area contributed by atoms with Crippen LogP contribution in [0.4, 0.5) is 0 Å². The number of nitrogens with zero attached hydrogens (tertiary/aromatic N) is 1. The van der Waals surface area contributed by atoms with E-state index >= 15 is 0 Å². The highest BCUT2D eigenvalue weighted by atomic mass is 16.7. The van der Waals surface area contributed by atoms with Gasteiger partial charge in [0, 0.05) is 12.0 Å². The fourth-order valence-corrected chi connectivity index (χ4v) is 2.36. The predicted molar refractivity (Wildman–Crippen MR) is 65.2 cm³/mol. The zero-order valence-electron chi connectivity index (χ0n) is 10.8. The molecule has 6 nitrogen and oxygen atoms in total. The van der Waals surface area contributed by atoms with E-state index in [-0.39, 0.29) is 6.42 Å². The second-order valence-electron chi connectivity index (χ2n) is 4.30. The molecule has 0 aliphatic carbocycles. The molecular formula is C13H15NO5. The summed E-state index contributed by atoms with van der Waals surface area (Å²) in [7, 11) is 2.48. The van der Waals surface area contributed by atoms with Crippen molar-refractivity contribution in [2.75, 3.05) is 20.8 Å². The van der Waals surface area contributed by atoms with Gasteiger partial charge in [-0.3, -0.25) is 9.63 Å². The van der Waals surface area contributed by atoms with Crippen LogP contribution < -0.4 is 0 Å². The van der Waals surface area contributed by atoms with Crippen LogP contribution in [0.3, 0.4) is 0 Å². The van der Waals surface area contributed by atoms with E-state index in [9.17, 15) is 14.7 Å². The van der Waals surface area contributed by atoms with Crippen molar-refractivity contribution >= 4 is 11.9 Å². The molecule has 1 amide bonds. The Morgan fingerprint density at radius 3 is 2.68 bits per heavy atom. The minimum absolute atomic E-state index is 0.145. The van der Waals surface area contributed by atoms with Gasteiger partial charge in [-0.15, -0.1) is 0 Å². The number of rotatable bonds is 3. The van der Waals surface area contributed by atoms with E-state index in [1.54, 1.807) is 24.3 Å². The Morgan fingerprint density at radius 2 is 2.11 bits per heavy atom. The summed E-state index contributed by atoms with van der Waals surface area (Å²) in [6.45, 7) is -0.576. The monoisotopic (exact) mass is 265 g/mol. The number of fused-ring (bicyclic) bond motifs is 1. The zero-order valence-corrected chi connectivity index (χ0v) is 10.8. The number of hydroxylamine groups is 2. The molecule has 2 rings (SSSR count). The molecule has 19 heavy (non-hydrogen) atoms. The van der Waals surface area contributed by atoms with Crippen molar-refractivity contribution in [1.82, 2.24) is 5.06 Å². The third kappa shape index (κ3) is 1.89. The molecule has 1 N–H and O–H groups in total. The lowest BCUT2D eigenvalue weighted by molar-refractivity contribution is -0.201. The minimum atomic E-state index is -1.53. The highest BCUT2D eigenvalue weighted by Crippen LogP contribution is 2.31. The van der Waals surface area contributed by atoms with Crippen molar-refractivity contribution in [3.8, 4) is 0 Å². The second-order valence-corrected chi connectivity index (χ2v) is 4.30. The highest BCUT2D eigenvalue weighted by Gasteiger charge is 2.52. The van der Waals surface area contributed by atoms with Crippen molar-refractivity contribution < 1.29 is 24.3 Å². The van der Waals surface area contributed by atoms with Gasteiger partial charge in [-0.05, 0) is 11.6 Å². The Bertz CT molecular complexity index is 516. The first-order valence-electron chi connectivity index (χ1n) is 5.76. The van der Waals surface area contributed by atoms with Crippen LogP contribution in [0.15, 0.2) is 24.3 Å². The molecule has 1 aromatic carbocycles. The van der Waals surface area contributed by atoms with E-state index in [2.05, 4.69) is 0 Å². The number of hydrogen-bond donors (Lipinski definition) is 1. The van der Waals surface area contributed by atoms with Crippen LogP contribution in [0.25, 0.3) is 0 Å². The first-order chi connectivity index (χ1) is 9.10. The van der Waals surface area contributed by atoms with E-state index < -0.39 is 24.0 Å². The quantitative estimate of drug-likeness (QED) is 0.787. The standard InChI is InChI=1S/C13H15NO5/c1-18-12(17)13(8-15)7-9-5-3-4-6-10(9)11(16)14(13)19-2/h3-6,15H,7-8H2,1-2H3. The van der Waals surface area contributed by atoms with Crippen molar-refractivity contribution in [1.29, 1.82) is 0 Å². The number of carbonyl (C=O) groups excluding carboxylic acids is 2. The second kappa shape index (κ2) is 4.99. The lowest BCUT2D eigenvalue weighted by Crippen LogP contribution is -2.63. The summed E-state index contributed by atoms with van der Waals surface area (Å²) in [5.74, 6) is -1.18. The zero-order chi connectivity index (χ0) is 14.0. The lowest BCUT2D eigenvalue weighted by Gasteiger charge is -2.41. The third-order valence-corrected chi connectivity index (χ3v) is 3.31. The summed E-state index contributed by atoms with van der Waals surface area (Å²) in [5, 5.41) is 10.5. The van der Waals surface area contributed by atoms with Crippen LogP contribution >= 0.6 is 0 Å². The van der Waals surface area contributed by atoms with Gasteiger partial charge in [0.25, 0.3) is 5.91 Å². The van der Waals surface area contributed by atoms with Crippen LogP contribution in [-0.2, 0) is 20.8 Å². The van der Waals surface area contributed by atoms with Gasteiger partial charge in [-0.2, -0.15) is 5.06 Å². The van der Waals surface area contributed by atoms with E-state index in [0.29, 0.717) is 11.1 Å². The average molecular weight is 265 g/mol. The Hall–Kier alpha value is -1.92. The first kappa shape index (κ1) is 13.5. The number of ether oxygens (including phenoxy) is 1. The van der Waals surface area contributed by atoms with Crippen molar-refractivity contribution in [2.24, 2.45) is 0 Å². The molecule has 1 atom stereocenters. The number of methoxy groups -OCH3 is 1. The number of esters is 1. The van der Waals surface area contributed by atoms with Crippen LogP contribution in [-0.4, -0.2) is 48.4 Å².